The molecule has 0 fully saturated rings. The molecule has 1 aromatic heterocycles. The molecule has 0 spiro atoms. The minimum Gasteiger partial charge on any atom is -0.334 e. The highest BCUT2D eigenvalue weighted by atomic mass is 19.1. The maximum Gasteiger partial charge on any atom is 0.322 e. The van der Waals surface area contributed by atoms with E-state index >= 15 is 0 Å². The van der Waals surface area contributed by atoms with Gasteiger partial charge in [0.15, 0.2) is 0 Å². The second-order valence-corrected chi connectivity index (χ2v) is 5.57. The first kappa shape index (κ1) is 16.6. The number of pyridine rings is 1. The molecule has 1 N–H and O–H groups in total. The van der Waals surface area contributed by atoms with Crippen molar-refractivity contribution in [1.29, 1.82) is 0 Å². The Morgan fingerprint density at radius 1 is 1.00 bits per heavy atom. The summed E-state index contributed by atoms with van der Waals surface area (Å²) in [6.45, 7) is 0.705. The van der Waals surface area contributed by atoms with E-state index in [1.54, 1.807) is 30.6 Å². The van der Waals surface area contributed by atoms with E-state index in [1.165, 1.54) is 17.0 Å². The van der Waals surface area contributed by atoms with Gasteiger partial charge < -0.3 is 5.32 Å². The van der Waals surface area contributed by atoms with Crippen molar-refractivity contribution in [3.05, 3.63) is 96.1 Å². The minimum atomic E-state index is -0.385. The van der Waals surface area contributed by atoms with Crippen LogP contribution in [0.1, 0.15) is 11.1 Å². The van der Waals surface area contributed by atoms with Crippen LogP contribution in [0.15, 0.2) is 79.1 Å². The van der Waals surface area contributed by atoms with Gasteiger partial charge in [0.1, 0.15) is 5.82 Å². The Morgan fingerprint density at radius 2 is 1.80 bits per heavy atom. The number of amides is 2. The van der Waals surface area contributed by atoms with Crippen LogP contribution in [0, 0.1) is 5.82 Å². The highest BCUT2D eigenvalue weighted by Gasteiger charge is 2.16. The van der Waals surface area contributed by atoms with Crippen LogP contribution in [0.25, 0.3) is 0 Å². The number of urea groups is 1. The zero-order chi connectivity index (χ0) is 17.5. The second-order valence-electron chi connectivity index (χ2n) is 5.57. The number of carbonyl (C=O) groups is 1. The topological polar surface area (TPSA) is 45.2 Å². The smallest absolute Gasteiger partial charge is 0.322 e. The Labute approximate surface area is 145 Å². The molecule has 2 amide bonds. The van der Waals surface area contributed by atoms with Crippen LogP contribution in [-0.4, -0.2) is 11.0 Å². The molecule has 3 rings (SSSR count). The summed E-state index contributed by atoms with van der Waals surface area (Å²) >= 11 is 0. The highest BCUT2D eigenvalue weighted by molar-refractivity contribution is 5.91. The average Bonchev–Trinajstić information content (AvgIpc) is 2.66. The van der Waals surface area contributed by atoms with E-state index in [1.807, 2.05) is 36.4 Å². The standard InChI is InChI=1S/C20H18FN3O/c21-18-9-4-10-19(12-18)24(15-17-8-5-11-22-13-17)20(25)23-14-16-6-2-1-3-7-16/h1-13H,14-15H2,(H,23,25). The van der Waals surface area contributed by atoms with E-state index in [9.17, 15) is 9.18 Å². The first-order valence-electron chi connectivity index (χ1n) is 7.96. The number of rotatable bonds is 5. The summed E-state index contributed by atoms with van der Waals surface area (Å²) in [6, 6.07) is 19.0. The molecule has 0 unspecified atom stereocenters. The molecule has 5 heteroatoms. The largest absolute Gasteiger partial charge is 0.334 e. The van der Waals surface area contributed by atoms with E-state index in [2.05, 4.69) is 10.3 Å². The number of aromatic nitrogens is 1. The summed E-state index contributed by atoms with van der Waals surface area (Å²) < 4.78 is 13.6. The number of nitrogens with one attached hydrogen (secondary N) is 1. The van der Waals surface area contributed by atoms with Crippen molar-refractivity contribution in [2.45, 2.75) is 13.1 Å². The summed E-state index contributed by atoms with van der Waals surface area (Å²) in [5.74, 6) is -0.385. The predicted molar refractivity (Wildman–Crippen MR) is 95.5 cm³/mol. The van der Waals surface area contributed by atoms with Gasteiger partial charge >= 0.3 is 6.03 Å². The fourth-order valence-electron chi connectivity index (χ4n) is 2.47. The van der Waals surface area contributed by atoms with Crippen LogP contribution in [-0.2, 0) is 13.1 Å². The molecular weight excluding hydrogens is 317 g/mol. The van der Waals surface area contributed by atoms with Gasteiger partial charge in [-0.15, -0.1) is 0 Å². The molecule has 0 saturated heterocycles. The Bertz CT molecular complexity index is 825. The molecule has 25 heavy (non-hydrogen) atoms. The van der Waals surface area contributed by atoms with Crippen LogP contribution in [0.4, 0.5) is 14.9 Å². The summed E-state index contributed by atoms with van der Waals surface area (Å²) in [5.41, 5.74) is 2.35. The van der Waals surface area contributed by atoms with E-state index in [4.69, 9.17) is 0 Å². The van der Waals surface area contributed by atoms with Crippen LogP contribution < -0.4 is 10.2 Å². The Kier molecular flexibility index (Phi) is 5.36. The number of benzene rings is 2. The lowest BCUT2D eigenvalue weighted by Gasteiger charge is -2.23. The van der Waals surface area contributed by atoms with Crippen LogP contribution >= 0.6 is 0 Å². The van der Waals surface area contributed by atoms with Crippen molar-refractivity contribution in [1.82, 2.24) is 10.3 Å². The normalized spacial score (nSPS) is 10.3. The SMILES string of the molecule is O=C(NCc1ccccc1)N(Cc1cccnc1)c1cccc(F)c1. The Morgan fingerprint density at radius 3 is 2.52 bits per heavy atom. The molecule has 4 nitrogen and oxygen atoms in total. The molecule has 126 valence electrons. The lowest BCUT2D eigenvalue weighted by Crippen LogP contribution is -2.39. The number of hydrogen-bond donors (Lipinski definition) is 1. The third-order valence-electron chi connectivity index (χ3n) is 3.72. The summed E-state index contributed by atoms with van der Waals surface area (Å²) in [6.07, 6.45) is 3.36. The van der Waals surface area contributed by atoms with Gasteiger partial charge in [-0.1, -0.05) is 42.5 Å². The van der Waals surface area contributed by atoms with Crippen molar-refractivity contribution in [2.75, 3.05) is 4.90 Å². The number of anilines is 1. The number of carbonyl (C=O) groups excluding carboxylic acids is 1. The summed E-state index contributed by atoms with van der Waals surface area (Å²) in [7, 11) is 0. The van der Waals surface area contributed by atoms with E-state index in [0.717, 1.165) is 11.1 Å². The van der Waals surface area contributed by atoms with Crippen molar-refractivity contribution in [3.63, 3.8) is 0 Å². The molecule has 0 atom stereocenters. The van der Waals surface area contributed by atoms with Gasteiger partial charge in [-0.25, -0.2) is 9.18 Å². The molecule has 0 aliphatic rings. The van der Waals surface area contributed by atoms with Crippen molar-refractivity contribution < 1.29 is 9.18 Å². The van der Waals surface area contributed by atoms with Crippen molar-refractivity contribution >= 4 is 11.7 Å². The number of halogens is 1. The van der Waals surface area contributed by atoms with E-state index in [-0.39, 0.29) is 11.8 Å². The quantitative estimate of drug-likeness (QED) is 0.762. The van der Waals surface area contributed by atoms with Crippen molar-refractivity contribution in [3.8, 4) is 0 Å². The average molecular weight is 335 g/mol. The monoisotopic (exact) mass is 335 g/mol. The van der Waals surface area contributed by atoms with E-state index < -0.39 is 0 Å². The van der Waals surface area contributed by atoms with Gasteiger partial charge in [-0.2, -0.15) is 0 Å². The van der Waals surface area contributed by atoms with Crippen LogP contribution in [0.5, 0.6) is 0 Å². The van der Waals surface area contributed by atoms with Crippen molar-refractivity contribution in [2.24, 2.45) is 0 Å². The third-order valence-corrected chi connectivity index (χ3v) is 3.72. The van der Waals surface area contributed by atoms with Gasteiger partial charge in [-0.3, -0.25) is 9.88 Å². The second kappa shape index (κ2) is 8.06. The van der Waals surface area contributed by atoms with Gasteiger partial charge in [0, 0.05) is 24.6 Å². The molecule has 0 aliphatic heterocycles. The third kappa shape index (κ3) is 4.64. The highest BCUT2D eigenvalue weighted by Crippen LogP contribution is 2.18. The lowest BCUT2D eigenvalue weighted by molar-refractivity contribution is 0.245. The summed E-state index contributed by atoms with van der Waals surface area (Å²) in [5, 5.41) is 2.88. The Balaban J connectivity index is 1.78. The zero-order valence-electron chi connectivity index (χ0n) is 13.6. The first-order valence-corrected chi connectivity index (χ1v) is 7.96. The maximum absolute atomic E-state index is 13.6. The summed E-state index contributed by atoms with van der Waals surface area (Å²) in [4.78, 5) is 18.3. The number of nitrogens with zero attached hydrogens (tertiary/aromatic N) is 2. The predicted octanol–water partition coefficient (Wildman–Crippen LogP) is 4.14. The molecule has 0 bridgehead atoms. The Hall–Kier alpha value is -3.21. The van der Waals surface area contributed by atoms with Gasteiger partial charge in [0.2, 0.25) is 0 Å². The molecule has 1 heterocycles. The van der Waals surface area contributed by atoms with Crippen LogP contribution in [0.2, 0.25) is 0 Å². The zero-order valence-corrected chi connectivity index (χ0v) is 13.6. The minimum absolute atomic E-state index is 0.293. The van der Waals surface area contributed by atoms with Crippen LogP contribution in [0.3, 0.4) is 0 Å². The fraction of sp³-hybridized carbons (Fsp3) is 0.100. The molecule has 2 aromatic carbocycles. The molecule has 0 radical (unpaired) electrons. The molecule has 0 saturated carbocycles. The first-order chi connectivity index (χ1) is 12.2. The molecule has 3 aromatic rings. The van der Waals surface area contributed by atoms with Gasteiger partial charge in [0.05, 0.1) is 6.54 Å². The van der Waals surface area contributed by atoms with Gasteiger partial charge in [0.25, 0.3) is 0 Å². The molecule has 0 aliphatic carbocycles. The van der Waals surface area contributed by atoms with E-state index in [0.29, 0.717) is 18.8 Å². The fourth-order valence-corrected chi connectivity index (χ4v) is 2.47. The molecular formula is C20H18FN3O. The maximum atomic E-state index is 13.6. The number of hydrogen-bond acceptors (Lipinski definition) is 2. The van der Waals surface area contributed by atoms with Gasteiger partial charge in [-0.05, 0) is 35.4 Å². The lowest BCUT2D eigenvalue weighted by atomic mass is 10.2.